The van der Waals surface area contributed by atoms with E-state index in [2.05, 4.69) is 21.1 Å². The summed E-state index contributed by atoms with van der Waals surface area (Å²) in [6.07, 6.45) is 1.58. The fourth-order valence-electron chi connectivity index (χ4n) is 3.57. The summed E-state index contributed by atoms with van der Waals surface area (Å²) in [5.74, 6) is 0.472. The number of rotatable bonds is 10. The van der Waals surface area contributed by atoms with E-state index in [0.29, 0.717) is 34.1 Å². The number of aryl methyl sites for hydroxylation is 1. The van der Waals surface area contributed by atoms with Crippen molar-refractivity contribution in [3.8, 4) is 5.75 Å². The van der Waals surface area contributed by atoms with Crippen LogP contribution in [0, 0.1) is 6.92 Å². The lowest BCUT2D eigenvalue weighted by Crippen LogP contribution is -2.30. The molecule has 4 rings (SSSR count). The van der Waals surface area contributed by atoms with E-state index >= 15 is 0 Å². The Kier molecular flexibility index (Phi) is 9.37. The van der Waals surface area contributed by atoms with Crippen LogP contribution in [0.15, 0.2) is 100 Å². The minimum Gasteiger partial charge on any atom is -0.497 e. The van der Waals surface area contributed by atoms with Gasteiger partial charge in [-0.1, -0.05) is 35.5 Å². The molecule has 0 saturated heterocycles. The van der Waals surface area contributed by atoms with Crippen molar-refractivity contribution in [3.63, 3.8) is 0 Å². The van der Waals surface area contributed by atoms with Crippen LogP contribution in [0.1, 0.15) is 28.6 Å². The Bertz CT molecular complexity index is 1520. The van der Waals surface area contributed by atoms with Crippen LogP contribution in [0.5, 0.6) is 5.75 Å². The molecule has 0 radical (unpaired) electrons. The van der Waals surface area contributed by atoms with E-state index in [1.807, 2.05) is 6.07 Å². The molecule has 3 amide bonds. The molecule has 0 aliphatic rings. The highest BCUT2D eigenvalue weighted by Crippen LogP contribution is 2.26. The first-order valence-electron chi connectivity index (χ1n) is 12.3. The molecule has 3 aromatic carbocycles. The van der Waals surface area contributed by atoms with Crippen molar-refractivity contribution in [2.24, 2.45) is 0 Å². The molecule has 1 unspecified atom stereocenters. The second-order valence-corrected chi connectivity index (χ2v) is 10.1. The number of hydrogen-bond donors (Lipinski definition) is 3. The summed E-state index contributed by atoms with van der Waals surface area (Å²) in [6, 6.07) is 24.5. The third-order valence-corrected chi connectivity index (χ3v) is 6.72. The summed E-state index contributed by atoms with van der Waals surface area (Å²) in [5, 5.41) is 11.6. The second-order valence-electron chi connectivity index (χ2n) is 8.71. The van der Waals surface area contributed by atoms with Gasteiger partial charge < -0.3 is 25.2 Å². The number of carbonyl (C=O) groups is 3. The average molecular weight is 557 g/mol. The predicted molar refractivity (Wildman–Crippen MR) is 155 cm³/mol. The summed E-state index contributed by atoms with van der Waals surface area (Å²) >= 11 is 1.36. The predicted octanol–water partition coefficient (Wildman–Crippen LogP) is 5.52. The molecule has 10 heteroatoms. The van der Waals surface area contributed by atoms with Crippen molar-refractivity contribution in [3.05, 3.63) is 108 Å². The highest BCUT2D eigenvalue weighted by molar-refractivity contribution is 8.00. The molecule has 1 atom stereocenters. The number of amides is 3. The number of nitrogens with zero attached hydrogens (tertiary/aromatic N) is 1. The molecule has 4 aromatic rings. The monoisotopic (exact) mass is 556 g/mol. The Morgan fingerprint density at radius 2 is 1.70 bits per heavy atom. The largest absolute Gasteiger partial charge is 0.497 e. The molecule has 0 aliphatic carbocycles. The van der Waals surface area contributed by atoms with Crippen LogP contribution >= 0.6 is 11.8 Å². The number of thioether (sulfide) groups is 1. The fourth-order valence-corrected chi connectivity index (χ4v) is 4.43. The quantitative estimate of drug-likeness (QED) is 0.174. The third kappa shape index (κ3) is 7.84. The fraction of sp³-hybridized carbons (Fsp3) is 0.133. The van der Waals surface area contributed by atoms with E-state index in [1.165, 1.54) is 11.8 Å². The van der Waals surface area contributed by atoms with Crippen LogP contribution in [0.4, 0.5) is 11.5 Å². The summed E-state index contributed by atoms with van der Waals surface area (Å²) in [4.78, 5) is 39.4. The molecule has 204 valence electrons. The van der Waals surface area contributed by atoms with E-state index in [0.717, 1.165) is 4.90 Å². The number of benzene rings is 3. The maximum absolute atomic E-state index is 13.3. The van der Waals surface area contributed by atoms with E-state index in [9.17, 15) is 14.4 Å². The smallest absolute Gasteiger partial charge is 0.272 e. The van der Waals surface area contributed by atoms with Gasteiger partial charge >= 0.3 is 0 Å². The number of ether oxygens (including phenoxy) is 1. The SMILES string of the molecule is COc1cccc(/C=C(\NC(=O)c2ccccc2)C(=O)Nc2ccc(SC(C)C(=O)Nc3cc(C)on3)cc2)c1. The molecule has 40 heavy (non-hydrogen) atoms. The van der Waals surface area contributed by atoms with Crippen molar-refractivity contribution in [2.45, 2.75) is 24.0 Å². The van der Waals surface area contributed by atoms with Gasteiger partial charge in [0.1, 0.15) is 17.2 Å². The van der Waals surface area contributed by atoms with Gasteiger partial charge in [0.2, 0.25) is 5.91 Å². The summed E-state index contributed by atoms with van der Waals surface area (Å²) in [5.41, 5.74) is 1.69. The Balaban J connectivity index is 1.45. The van der Waals surface area contributed by atoms with Crippen LogP contribution < -0.4 is 20.7 Å². The standard InChI is InChI=1S/C30H28N4O5S/c1-19-16-27(34-39-19)33-28(35)20(2)40-25-14-12-23(13-15-25)31-30(37)26(18-21-8-7-11-24(17-21)38-3)32-29(36)22-9-5-4-6-10-22/h4-18,20H,1-3H3,(H,31,37)(H,32,36)(H,33,34,35)/b26-18-. The van der Waals surface area contributed by atoms with Gasteiger partial charge in [-0.25, -0.2) is 0 Å². The molecular formula is C30H28N4O5S. The van der Waals surface area contributed by atoms with Gasteiger partial charge in [0.25, 0.3) is 11.8 Å². The molecule has 0 aliphatic heterocycles. The first-order valence-corrected chi connectivity index (χ1v) is 13.2. The van der Waals surface area contributed by atoms with E-state index in [1.54, 1.807) is 106 Å². The zero-order valence-corrected chi connectivity index (χ0v) is 23.0. The third-order valence-electron chi connectivity index (χ3n) is 5.61. The van der Waals surface area contributed by atoms with Gasteiger partial charge in [0, 0.05) is 22.2 Å². The van der Waals surface area contributed by atoms with Crippen LogP contribution in [0.25, 0.3) is 6.08 Å². The van der Waals surface area contributed by atoms with Crippen LogP contribution in [-0.2, 0) is 9.59 Å². The molecule has 0 saturated carbocycles. The Morgan fingerprint density at radius 1 is 0.950 bits per heavy atom. The highest BCUT2D eigenvalue weighted by Gasteiger charge is 2.18. The molecule has 1 aromatic heterocycles. The Hall–Kier alpha value is -4.83. The Morgan fingerprint density at radius 3 is 2.38 bits per heavy atom. The lowest BCUT2D eigenvalue weighted by atomic mass is 10.1. The minimum absolute atomic E-state index is 0.0638. The van der Waals surface area contributed by atoms with E-state index in [4.69, 9.17) is 9.26 Å². The Labute approximate surface area is 236 Å². The van der Waals surface area contributed by atoms with Gasteiger partial charge in [0.05, 0.1) is 12.4 Å². The van der Waals surface area contributed by atoms with Gasteiger partial charge in [0.15, 0.2) is 5.82 Å². The number of nitrogens with one attached hydrogen (secondary N) is 3. The molecular weight excluding hydrogens is 528 g/mol. The van der Waals surface area contributed by atoms with Crippen LogP contribution in [-0.4, -0.2) is 35.2 Å². The van der Waals surface area contributed by atoms with Gasteiger partial charge in [-0.3, -0.25) is 14.4 Å². The molecule has 9 nitrogen and oxygen atoms in total. The number of carbonyl (C=O) groups excluding carboxylic acids is 3. The number of anilines is 2. The van der Waals surface area contributed by atoms with Crippen LogP contribution in [0.3, 0.4) is 0 Å². The maximum atomic E-state index is 13.3. The van der Waals surface area contributed by atoms with E-state index < -0.39 is 17.1 Å². The normalized spacial score (nSPS) is 11.8. The summed E-state index contributed by atoms with van der Waals surface area (Å²) < 4.78 is 10.2. The summed E-state index contributed by atoms with van der Waals surface area (Å²) in [6.45, 7) is 3.53. The van der Waals surface area contributed by atoms with Gasteiger partial charge in [-0.05, 0) is 74.0 Å². The second kappa shape index (κ2) is 13.3. The topological polar surface area (TPSA) is 123 Å². The molecule has 1 heterocycles. The highest BCUT2D eigenvalue weighted by atomic mass is 32.2. The lowest BCUT2D eigenvalue weighted by Gasteiger charge is -2.13. The molecule has 3 N–H and O–H groups in total. The maximum Gasteiger partial charge on any atom is 0.272 e. The van der Waals surface area contributed by atoms with Gasteiger partial charge in [-0.2, -0.15) is 0 Å². The lowest BCUT2D eigenvalue weighted by molar-refractivity contribution is -0.115. The minimum atomic E-state index is -0.497. The van der Waals surface area contributed by atoms with E-state index in [-0.39, 0.29) is 11.6 Å². The average Bonchev–Trinajstić information content (AvgIpc) is 3.38. The number of hydrogen-bond acceptors (Lipinski definition) is 7. The zero-order valence-electron chi connectivity index (χ0n) is 22.1. The first-order chi connectivity index (χ1) is 19.3. The van der Waals surface area contributed by atoms with Crippen LogP contribution in [0.2, 0.25) is 0 Å². The first kappa shape index (κ1) is 28.2. The van der Waals surface area contributed by atoms with Crippen molar-refractivity contribution in [1.82, 2.24) is 10.5 Å². The van der Waals surface area contributed by atoms with Gasteiger partial charge in [-0.15, -0.1) is 11.8 Å². The van der Waals surface area contributed by atoms with Crippen molar-refractivity contribution >= 4 is 47.1 Å². The number of methoxy groups -OCH3 is 1. The van der Waals surface area contributed by atoms with Crippen molar-refractivity contribution < 1.29 is 23.6 Å². The zero-order chi connectivity index (χ0) is 28.5. The van der Waals surface area contributed by atoms with Crippen molar-refractivity contribution in [1.29, 1.82) is 0 Å². The van der Waals surface area contributed by atoms with Crippen molar-refractivity contribution in [2.75, 3.05) is 17.7 Å². The summed E-state index contributed by atoms with van der Waals surface area (Å²) in [7, 11) is 1.56. The molecule has 0 spiro atoms. The molecule has 0 fully saturated rings. The number of aromatic nitrogens is 1. The molecule has 0 bridgehead atoms.